The average Bonchev–Trinajstić information content (AvgIpc) is 2.94. The third-order valence-corrected chi connectivity index (χ3v) is 4.96. The number of hydrogen-bond donors (Lipinski definition) is 1. The highest BCUT2D eigenvalue weighted by atomic mass is 35.5. The van der Waals surface area contributed by atoms with Gasteiger partial charge in [0.1, 0.15) is 5.75 Å². The fourth-order valence-electron chi connectivity index (χ4n) is 3.55. The number of aromatic nitrogens is 1. The topological polar surface area (TPSA) is 68.5 Å². The number of methoxy groups -OCH3 is 1. The first-order valence-electron chi connectivity index (χ1n) is 8.88. The minimum Gasteiger partial charge on any atom is -0.497 e. The third-order valence-electron chi connectivity index (χ3n) is 4.63. The molecule has 0 aliphatic rings. The van der Waals surface area contributed by atoms with E-state index in [0.29, 0.717) is 38.5 Å². The first-order valence-corrected chi connectivity index (χ1v) is 9.25. The Morgan fingerprint density at radius 2 is 1.82 bits per heavy atom. The molecular weight excluding hydrogens is 378 g/mol. The first kappa shape index (κ1) is 20.0. The van der Waals surface area contributed by atoms with Gasteiger partial charge in [0.2, 0.25) is 0 Å². The predicted octanol–water partition coefficient (Wildman–Crippen LogP) is 4.92. The third kappa shape index (κ3) is 3.50. The average molecular weight is 400 g/mol. The lowest BCUT2D eigenvalue weighted by molar-refractivity contribution is -0.136. The van der Waals surface area contributed by atoms with Crippen LogP contribution in [0.2, 0.25) is 5.02 Å². The van der Waals surface area contributed by atoms with Gasteiger partial charge in [-0.25, -0.2) is 0 Å². The molecule has 28 heavy (non-hydrogen) atoms. The molecule has 146 valence electrons. The molecule has 3 aromatic rings. The molecule has 0 radical (unpaired) electrons. The summed E-state index contributed by atoms with van der Waals surface area (Å²) in [7, 11) is 1.55. The molecule has 3 rings (SSSR count). The standard InChI is InChI=1S/C22H22ClNO4/c1-22(2,3)20-16(12-19(25)26)14-10-9-13(28-4)11-18(14)24(20)21(27)15-7-5-6-8-17(15)23/h5-11H,12H2,1-4H3,(H,25,26). The van der Waals surface area contributed by atoms with Crippen LogP contribution in [0.4, 0.5) is 0 Å². The van der Waals surface area contributed by atoms with E-state index in [0.717, 1.165) is 0 Å². The van der Waals surface area contributed by atoms with Crippen molar-refractivity contribution in [2.75, 3.05) is 7.11 Å². The molecule has 0 aliphatic carbocycles. The Hall–Kier alpha value is -2.79. The highest BCUT2D eigenvalue weighted by Crippen LogP contribution is 2.37. The van der Waals surface area contributed by atoms with Gasteiger partial charge in [0.15, 0.2) is 0 Å². The Morgan fingerprint density at radius 3 is 2.39 bits per heavy atom. The van der Waals surface area contributed by atoms with Crippen LogP contribution in [0.3, 0.4) is 0 Å². The van der Waals surface area contributed by atoms with Crippen molar-refractivity contribution in [3.63, 3.8) is 0 Å². The Bertz CT molecular complexity index is 1080. The monoisotopic (exact) mass is 399 g/mol. The SMILES string of the molecule is COc1ccc2c(CC(=O)O)c(C(C)(C)C)n(C(=O)c3ccccc3Cl)c2c1. The fraction of sp³-hybridized carbons (Fsp3) is 0.273. The maximum atomic E-state index is 13.5. The normalized spacial score (nSPS) is 11.6. The van der Waals surface area contributed by atoms with Gasteiger partial charge in [-0.05, 0) is 29.8 Å². The Morgan fingerprint density at radius 1 is 1.14 bits per heavy atom. The van der Waals surface area contributed by atoms with Gasteiger partial charge in [0.25, 0.3) is 5.91 Å². The summed E-state index contributed by atoms with van der Waals surface area (Å²) in [6, 6.07) is 12.2. The summed E-state index contributed by atoms with van der Waals surface area (Å²) in [6.45, 7) is 5.88. The van der Waals surface area contributed by atoms with Crippen LogP contribution in [-0.2, 0) is 16.6 Å². The van der Waals surface area contributed by atoms with Crippen LogP contribution in [0.15, 0.2) is 42.5 Å². The lowest BCUT2D eigenvalue weighted by atomic mass is 9.87. The van der Waals surface area contributed by atoms with Gasteiger partial charge in [-0.1, -0.05) is 44.5 Å². The van der Waals surface area contributed by atoms with Crippen LogP contribution in [0.5, 0.6) is 5.75 Å². The maximum Gasteiger partial charge on any atom is 0.307 e. The number of hydrogen-bond acceptors (Lipinski definition) is 3. The van der Waals surface area contributed by atoms with E-state index in [1.165, 1.54) is 0 Å². The van der Waals surface area contributed by atoms with Crippen molar-refractivity contribution in [2.45, 2.75) is 32.6 Å². The van der Waals surface area contributed by atoms with Crippen molar-refractivity contribution in [3.8, 4) is 5.75 Å². The van der Waals surface area contributed by atoms with Crippen LogP contribution in [-0.4, -0.2) is 28.7 Å². The highest BCUT2D eigenvalue weighted by molar-refractivity contribution is 6.34. The molecular formula is C22H22ClNO4. The van der Waals surface area contributed by atoms with E-state index in [1.807, 2.05) is 20.8 Å². The minimum absolute atomic E-state index is 0.182. The zero-order valence-electron chi connectivity index (χ0n) is 16.2. The molecule has 0 aliphatic heterocycles. The number of carbonyl (C=O) groups excluding carboxylic acids is 1. The molecule has 1 heterocycles. The van der Waals surface area contributed by atoms with Gasteiger partial charge >= 0.3 is 5.97 Å². The number of carboxylic acids is 1. The number of carboxylic acid groups (broad SMARTS) is 1. The van der Waals surface area contributed by atoms with Gasteiger partial charge in [-0.15, -0.1) is 0 Å². The molecule has 0 unspecified atom stereocenters. The zero-order chi connectivity index (χ0) is 20.6. The molecule has 6 heteroatoms. The van der Waals surface area contributed by atoms with Crippen LogP contribution in [0.1, 0.15) is 42.4 Å². The molecule has 1 aromatic heterocycles. The molecule has 2 aromatic carbocycles. The van der Waals surface area contributed by atoms with Crippen molar-refractivity contribution >= 4 is 34.4 Å². The van der Waals surface area contributed by atoms with Crippen LogP contribution in [0.25, 0.3) is 10.9 Å². The summed E-state index contributed by atoms with van der Waals surface area (Å²) in [5.74, 6) is -0.670. The van der Waals surface area contributed by atoms with Crippen LogP contribution >= 0.6 is 11.6 Å². The molecule has 5 nitrogen and oxygen atoms in total. The van der Waals surface area contributed by atoms with Crippen molar-refractivity contribution in [3.05, 3.63) is 64.3 Å². The molecule has 0 amide bonds. The van der Waals surface area contributed by atoms with Gasteiger partial charge in [0, 0.05) is 22.6 Å². The van der Waals surface area contributed by atoms with Gasteiger partial charge in [0.05, 0.1) is 29.6 Å². The predicted molar refractivity (Wildman–Crippen MR) is 110 cm³/mol. The zero-order valence-corrected chi connectivity index (χ0v) is 17.0. The number of rotatable bonds is 4. The van der Waals surface area contributed by atoms with E-state index in [2.05, 4.69) is 0 Å². The van der Waals surface area contributed by atoms with Crippen molar-refractivity contribution in [1.29, 1.82) is 0 Å². The van der Waals surface area contributed by atoms with Crippen molar-refractivity contribution in [2.24, 2.45) is 0 Å². The summed E-state index contributed by atoms with van der Waals surface area (Å²) in [5, 5.41) is 10.5. The van der Waals surface area contributed by atoms with E-state index in [-0.39, 0.29) is 12.3 Å². The number of nitrogens with zero attached hydrogens (tertiary/aromatic N) is 1. The number of ether oxygens (including phenoxy) is 1. The number of aliphatic carboxylic acids is 1. The van der Waals surface area contributed by atoms with Gasteiger partial charge in [-0.3, -0.25) is 14.2 Å². The van der Waals surface area contributed by atoms with Crippen molar-refractivity contribution in [1.82, 2.24) is 4.57 Å². The van der Waals surface area contributed by atoms with E-state index < -0.39 is 11.4 Å². The summed E-state index contributed by atoms with van der Waals surface area (Å²) < 4.78 is 6.92. The summed E-state index contributed by atoms with van der Waals surface area (Å²) in [4.78, 5) is 25.1. The fourth-order valence-corrected chi connectivity index (χ4v) is 3.76. The molecule has 0 saturated heterocycles. The molecule has 0 saturated carbocycles. The van der Waals surface area contributed by atoms with Crippen molar-refractivity contribution < 1.29 is 19.4 Å². The van der Waals surface area contributed by atoms with E-state index in [9.17, 15) is 14.7 Å². The lowest BCUT2D eigenvalue weighted by Crippen LogP contribution is -2.25. The van der Waals surface area contributed by atoms with Crippen LogP contribution in [0, 0.1) is 0 Å². The maximum absolute atomic E-state index is 13.5. The highest BCUT2D eigenvalue weighted by Gasteiger charge is 2.31. The summed E-state index contributed by atoms with van der Waals surface area (Å²) in [5.41, 5.74) is 1.76. The number of carbonyl (C=O) groups is 2. The molecule has 0 bridgehead atoms. The lowest BCUT2D eigenvalue weighted by Gasteiger charge is -2.23. The molecule has 0 spiro atoms. The molecule has 1 N–H and O–H groups in total. The van der Waals surface area contributed by atoms with Gasteiger partial charge < -0.3 is 9.84 Å². The number of fused-ring (bicyclic) bond motifs is 1. The molecule has 0 atom stereocenters. The summed E-state index contributed by atoms with van der Waals surface area (Å²) >= 11 is 6.28. The van der Waals surface area contributed by atoms with E-state index in [4.69, 9.17) is 16.3 Å². The second-order valence-corrected chi connectivity index (χ2v) is 8.06. The largest absolute Gasteiger partial charge is 0.497 e. The second kappa shape index (κ2) is 7.32. The Labute approximate surface area is 168 Å². The van der Waals surface area contributed by atoms with Crippen LogP contribution < -0.4 is 4.74 Å². The van der Waals surface area contributed by atoms with E-state index in [1.54, 1.807) is 54.1 Å². The Kier molecular flexibility index (Phi) is 5.22. The van der Waals surface area contributed by atoms with E-state index >= 15 is 0 Å². The minimum atomic E-state index is -0.953. The first-order chi connectivity index (χ1) is 13.1. The summed E-state index contributed by atoms with van der Waals surface area (Å²) in [6.07, 6.45) is -0.182. The number of halogens is 1. The quantitative estimate of drug-likeness (QED) is 0.676. The number of benzene rings is 2. The Balaban J connectivity index is 2.43. The second-order valence-electron chi connectivity index (χ2n) is 7.65. The molecule has 0 fully saturated rings. The van der Waals surface area contributed by atoms with Gasteiger partial charge in [-0.2, -0.15) is 0 Å². The smallest absolute Gasteiger partial charge is 0.307 e.